The minimum atomic E-state index is -0.154. The van der Waals surface area contributed by atoms with Crippen molar-refractivity contribution in [1.82, 2.24) is 0 Å². The van der Waals surface area contributed by atoms with Crippen LogP contribution in [0.4, 0.5) is 45.5 Å². The van der Waals surface area contributed by atoms with Crippen LogP contribution in [0.3, 0.4) is 0 Å². The number of fused-ring (bicyclic) bond motifs is 7. The Morgan fingerprint density at radius 2 is 0.933 bits per heavy atom. The van der Waals surface area contributed by atoms with Crippen LogP contribution in [0.25, 0.3) is 22.3 Å². The van der Waals surface area contributed by atoms with Gasteiger partial charge in [-0.15, -0.1) is 0 Å². The van der Waals surface area contributed by atoms with Crippen LogP contribution in [-0.2, 0) is 27.1 Å². The molecule has 0 saturated heterocycles. The molecule has 3 aliphatic heterocycles. The SMILES string of the molecule is CC(C)(C)c1ccc(N2c3cc(N4c5ccc(C(C)(C)C)cc5C5(C)CCCC45C)ccc3B3c4cc(-c5ccccc5)ccc4N(c4ccc(C(C)(C)C)cc4-c4ccccc4)c4cc(C(C)(C)C)cc2c43)cc1. The molecule has 378 valence electrons. The predicted molar refractivity (Wildman–Crippen MR) is 324 cm³/mol. The molecule has 0 bridgehead atoms. The Bertz CT molecular complexity index is 3550. The number of anilines is 8. The molecule has 0 amide bonds. The van der Waals surface area contributed by atoms with E-state index < -0.39 is 0 Å². The second-order valence-corrected chi connectivity index (χ2v) is 27.1. The fraction of sp³-hybridized carbons (Fsp3) is 0.324. The van der Waals surface area contributed by atoms with Gasteiger partial charge in [0.2, 0.25) is 0 Å². The molecule has 1 fully saturated rings. The summed E-state index contributed by atoms with van der Waals surface area (Å²) in [7, 11) is 0. The van der Waals surface area contributed by atoms with Gasteiger partial charge in [0.1, 0.15) is 0 Å². The van der Waals surface area contributed by atoms with Gasteiger partial charge in [0.25, 0.3) is 6.71 Å². The number of nitrogens with zero attached hydrogens (tertiary/aromatic N) is 3. The summed E-state index contributed by atoms with van der Waals surface area (Å²) >= 11 is 0. The van der Waals surface area contributed by atoms with Crippen LogP contribution < -0.4 is 31.1 Å². The first-order valence-electron chi connectivity index (χ1n) is 27.8. The average Bonchev–Trinajstić information content (AvgIpc) is 3.80. The summed E-state index contributed by atoms with van der Waals surface area (Å²) in [4.78, 5) is 8.06. The van der Waals surface area contributed by atoms with Crippen molar-refractivity contribution in [3.63, 3.8) is 0 Å². The molecular formula is C71H76BN3. The molecule has 1 saturated carbocycles. The number of hydrogen-bond donors (Lipinski definition) is 0. The zero-order valence-electron chi connectivity index (χ0n) is 47.2. The third-order valence-electron chi connectivity index (χ3n) is 18.2. The van der Waals surface area contributed by atoms with Crippen LogP contribution >= 0.6 is 0 Å². The third kappa shape index (κ3) is 7.74. The highest BCUT2D eigenvalue weighted by atomic mass is 15.3. The summed E-state index contributed by atoms with van der Waals surface area (Å²) in [5.74, 6) is 0. The molecule has 4 heteroatoms. The number of hydrogen-bond acceptors (Lipinski definition) is 3. The third-order valence-corrected chi connectivity index (χ3v) is 18.2. The van der Waals surface area contributed by atoms with Gasteiger partial charge in [0, 0.05) is 50.8 Å². The van der Waals surface area contributed by atoms with E-state index in [9.17, 15) is 0 Å². The molecule has 4 aliphatic rings. The molecule has 1 aliphatic carbocycles. The first kappa shape index (κ1) is 49.1. The Morgan fingerprint density at radius 3 is 1.56 bits per heavy atom. The molecule has 0 N–H and O–H groups in total. The van der Waals surface area contributed by atoms with E-state index >= 15 is 0 Å². The van der Waals surface area contributed by atoms with E-state index in [1.165, 1.54) is 125 Å². The monoisotopic (exact) mass is 982 g/mol. The van der Waals surface area contributed by atoms with Gasteiger partial charge in [0.15, 0.2) is 0 Å². The Labute approximate surface area is 449 Å². The molecule has 12 rings (SSSR count). The van der Waals surface area contributed by atoms with Crippen molar-refractivity contribution in [3.8, 4) is 22.3 Å². The first-order valence-corrected chi connectivity index (χ1v) is 27.8. The average molecular weight is 982 g/mol. The second-order valence-electron chi connectivity index (χ2n) is 27.1. The van der Waals surface area contributed by atoms with Crippen LogP contribution in [0.1, 0.15) is 144 Å². The Morgan fingerprint density at radius 1 is 0.387 bits per heavy atom. The summed E-state index contributed by atoms with van der Waals surface area (Å²) in [5.41, 5.74) is 25.6. The van der Waals surface area contributed by atoms with E-state index in [2.05, 4.69) is 281 Å². The molecule has 2 atom stereocenters. The highest BCUT2D eigenvalue weighted by Gasteiger charge is 2.60. The standard InChI is InChI=1S/C71H76BN3/c1-66(2,3)49-27-31-53(32-28-49)73-62-45-54(75-60-37-30-51(68(7,8)9)42-56(60)70(13)38-21-39-71(70,75)14)33-34-57(62)72-58-40-48(46-22-17-15-18-23-46)26-35-61(58)74(64-44-52(69(10,11)12)43-63(73)65(64)72)59-36-29-50(67(4,5)6)41-55(59)47-24-19-16-20-25-47/h15-20,22-37,40-45H,21,38-39H2,1-14H3. The van der Waals surface area contributed by atoms with Crippen molar-refractivity contribution in [3.05, 3.63) is 198 Å². The van der Waals surface area contributed by atoms with Crippen molar-refractivity contribution in [1.29, 1.82) is 0 Å². The van der Waals surface area contributed by atoms with E-state index in [0.29, 0.717) is 0 Å². The fourth-order valence-electron chi connectivity index (χ4n) is 13.5. The number of rotatable bonds is 5. The van der Waals surface area contributed by atoms with E-state index in [1.807, 2.05) is 0 Å². The van der Waals surface area contributed by atoms with Gasteiger partial charge in [-0.3, -0.25) is 0 Å². The van der Waals surface area contributed by atoms with Crippen molar-refractivity contribution in [2.45, 2.75) is 149 Å². The molecule has 75 heavy (non-hydrogen) atoms. The summed E-state index contributed by atoms with van der Waals surface area (Å²) in [6, 6.07) is 66.3. The highest BCUT2D eigenvalue weighted by Crippen LogP contribution is 2.63. The topological polar surface area (TPSA) is 9.72 Å². The second kappa shape index (κ2) is 16.9. The van der Waals surface area contributed by atoms with Gasteiger partial charge in [-0.25, -0.2) is 0 Å². The summed E-state index contributed by atoms with van der Waals surface area (Å²) < 4.78 is 0. The van der Waals surface area contributed by atoms with E-state index in [4.69, 9.17) is 0 Å². The largest absolute Gasteiger partial charge is 0.334 e. The number of benzene rings is 8. The van der Waals surface area contributed by atoms with E-state index in [0.717, 1.165) is 6.42 Å². The van der Waals surface area contributed by atoms with E-state index in [1.54, 1.807) is 0 Å². The molecule has 3 heterocycles. The normalized spacial score (nSPS) is 18.9. The van der Waals surface area contributed by atoms with Crippen molar-refractivity contribution < 1.29 is 0 Å². The maximum absolute atomic E-state index is 2.77. The fourth-order valence-corrected chi connectivity index (χ4v) is 13.5. The lowest BCUT2D eigenvalue weighted by molar-refractivity contribution is 0.330. The van der Waals surface area contributed by atoms with Gasteiger partial charge >= 0.3 is 0 Å². The lowest BCUT2D eigenvalue weighted by Crippen LogP contribution is -2.61. The summed E-state index contributed by atoms with van der Waals surface area (Å²) in [6.45, 7) is 33.2. The molecule has 8 aromatic rings. The first-order chi connectivity index (χ1) is 35.5. The van der Waals surface area contributed by atoms with Crippen LogP contribution in [0, 0.1) is 0 Å². The molecule has 0 spiro atoms. The van der Waals surface area contributed by atoms with Gasteiger partial charge in [-0.2, -0.15) is 0 Å². The molecule has 0 radical (unpaired) electrons. The van der Waals surface area contributed by atoms with Crippen LogP contribution in [0.15, 0.2) is 170 Å². The minimum Gasteiger partial charge on any atom is -0.334 e. The highest BCUT2D eigenvalue weighted by molar-refractivity contribution is 7.00. The van der Waals surface area contributed by atoms with E-state index in [-0.39, 0.29) is 39.3 Å². The Hall–Kier alpha value is -6.78. The van der Waals surface area contributed by atoms with Gasteiger partial charge < -0.3 is 14.7 Å². The minimum absolute atomic E-state index is 0.0148. The van der Waals surface area contributed by atoms with Gasteiger partial charge in [-0.1, -0.05) is 206 Å². The maximum Gasteiger partial charge on any atom is 0.252 e. The summed E-state index contributed by atoms with van der Waals surface area (Å²) in [5, 5.41) is 0. The molecular weight excluding hydrogens is 906 g/mol. The Kier molecular flexibility index (Phi) is 11.0. The zero-order valence-corrected chi connectivity index (χ0v) is 47.2. The molecule has 2 unspecified atom stereocenters. The van der Waals surface area contributed by atoms with Crippen molar-refractivity contribution in [2.75, 3.05) is 14.7 Å². The summed E-state index contributed by atoms with van der Waals surface area (Å²) in [6.07, 6.45) is 3.55. The maximum atomic E-state index is 2.77. The zero-order chi connectivity index (χ0) is 52.8. The lowest BCUT2D eigenvalue weighted by Gasteiger charge is -2.46. The van der Waals surface area contributed by atoms with Crippen molar-refractivity contribution >= 4 is 68.6 Å². The molecule has 8 aromatic carbocycles. The quantitative estimate of drug-likeness (QED) is 0.159. The smallest absolute Gasteiger partial charge is 0.252 e. The molecule has 3 nitrogen and oxygen atoms in total. The lowest BCUT2D eigenvalue weighted by atomic mass is 9.33. The van der Waals surface area contributed by atoms with Gasteiger partial charge in [0.05, 0.1) is 11.2 Å². The Balaban J connectivity index is 1.17. The molecule has 0 aromatic heterocycles. The van der Waals surface area contributed by atoms with Crippen LogP contribution in [-0.4, -0.2) is 12.3 Å². The van der Waals surface area contributed by atoms with Gasteiger partial charge in [-0.05, 0) is 163 Å². The van der Waals surface area contributed by atoms with Crippen molar-refractivity contribution in [2.24, 2.45) is 0 Å². The van der Waals surface area contributed by atoms with Crippen LogP contribution in [0.2, 0.25) is 0 Å². The van der Waals surface area contributed by atoms with Crippen LogP contribution in [0.5, 0.6) is 0 Å². The predicted octanol–water partition coefficient (Wildman–Crippen LogP) is 17.6.